The van der Waals surface area contributed by atoms with Gasteiger partial charge in [0.2, 0.25) is 0 Å². The summed E-state index contributed by atoms with van der Waals surface area (Å²) in [6, 6.07) is 2.77. The molecule has 0 radical (unpaired) electrons. The number of aromatic nitrogens is 2. The van der Waals surface area contributed by atoms with E-state index >= 15 is 0 Å². The fourth-order valence-corrected chi connectivity index (χ4v) is 4.12. The van der Waals surface area contributed by atoms with E-state index in [0.717, 1.165) is 32.5 Å². The van der Waals surface area contributed by atoms with E-state index in [1.807, 2.05) is 0 Å². The molecule has 1 aliphatic heterocycles. The summed E-state index contributed by atoms with van der Waals surface area (Å²) >= 11 is 0. The van der Waals surface area contributed by atoms with Crippen molar-refractivity contribution in [2.24, 2.45) is 0 Å². The molecular weight excluding hydrogens is 260 g/mol. The van der Waals surface area contributed by atoms with Crippen LogP contribution in [-0.4, -0.2) is 39.9 Å². The smallest absolute Gasteiger partial charge is 0.0764 e. The second-order valence-corrected chi connectivity index (χ2v) is 6.88. The average Bonchev–Trinajstić information content (AvgIpc) is 3.11. The van der Waals surface area contributed by atoms with Crippen molar-refractivity contribution in [3.63, 3.8) is 0 Å². The van der Waals surface area contributed by atoms with E-state index in [0.29, 0.717) is 11.6 Å². The molecule has 0 amide bonds. The van der Waals surface area contributed by atoms with Crippen LogP contribution in [0.3, 0.4) is 0 Å². The lowest BCUT2D eigenvalue weighted by Gasteiger charge is -2.41. The third-order valence-electron chi connectivity index (χ3n) is 5.38. The molecule has 21 heavy (non-hydrogen) atoms. The molecule has 4 nitrogen and oxygen atoms in total. The van der Waals surface area contributed by atoms with Crippen LogP contribution in [0, 0.1) is 0 Å². The monoisotopic (exact) mass is 290 g/mol. The lowest BCUT2D eigenvalue weighted by Crippen LogP contribution is -2.58. The highest BCUT2D eigenvalue weighted by molar-refractivity contribution is 5.03. The van der Waals surface area contributed by atoms with Gasteiger partial charge in [0.1, 0.15) is 0 Å². The minimum absolute atomic E-state index is 0.413. The molecule has 1 aromatic heterocycles. The highest BCUT2D eigenvalue weighted by Crippen LogP contribution is 2.32. The largest absolute Gasteiger partial charge is 0.309 e. The van der Waals surface area contributed by atoms with E-state index in [4.69, 9.17) is 5.10 Å². The van der Waals surface area contributed by atoms with Gasteiger partial charge in [-0.05, 0) is 31.7 Å². The maximum atomic E-state index is 4.82. The second-order valence-electron chi connectivity index (χ2n) is 6.88. The first-order chi connectivity index (χ1) is 10.2. The Kier molecular flexibility index (Phi) is 4.65. The lowest BCUT2D eigenvalue weighted by atomic mass is 9.94. The minimum Gasteiger partial charge on any atom is -0.309 e. The molecule has 3 rings (SSSR count). The van der Waals surface area contributed by atoms with Crippen LogP contribution in [0.2, 0.25) is 0 Å². The van der Waals surface area contributed by atoms with Crippen LogP contribution in [0.4, 0.5) is 0 Å². The summed E-state index contributed by atoms with van der Waals surface area (Å²) in [5, 5.41) is 8.60. The van der Waals surface area contributed by atoms with Gasteiger partial charge in [-0.3, -0.25) is 9.58 Å². The second kappa shape index (κ2) is 6.49. The van der Waals surface area contributed by atoms with Crippen LogP contribution in [0.15, 0.2) is 12.3 Å². The molecule has 2 fully saturated rings. The molecule has 2 aliphatic rings. The fourth-order valence-electron chi connectivity index (χ4n) is 4.12. The summed E-state index contributed by atoms with van der Waals surface area (Å²) in [6.07, 6.45) is 9.98. The van der Waals surface area contributed by atoms with Gasteiger partial charge in [0.05, 0.1) is 11.7 Å². The molecule has 1 spiro atoms. The van der Waals surface area contributed by atoms with Gasteiger partial charge in [-0.1, -0.05) is 26.7 Å². The standard InChI is InChI=1S/C17H30N4/c1-3-16(4-2)21-11-7-15(19-21)13-20-12-10-18-17(14-20)8-5-6-9-17/h7,11,16,18H,3-6,8-10,12-14H2,1-2H3. The van der Waals surface area contributed by atoms with Crippen molar-refractivity contribution in [2.45, 2.75) is 70.5 Å². The van der Waals surface area contributed by atoms with E-state index in [1.165, 1.54) is 37.9 Å². The zero-order chi connectivity index (χ0) is 14.7. The predicted molar refractivity (Wildman–Crippen MR) is 86.3 cm³/mol. The Morgan fingerprint density at radius 2 is 2.05 bits per heavy atom. The number of nitrogens with one attached hydrogen (secondary N) is 1. The summed E-state index contributed by atoms with van der Waals surface area (Å²) < 4.78 is 2.17. The number of hydrogen-bond donors (Lipinski definition) is 1. The molecule has 1 saturated heterocycles. The molecule has 1 saturated carbocycles. The normalized spacial score (nSPS) is 22.4. The summed E-state index contributed by atoms with van der Waals surface area (Å²) in [6.45, 7) is 8.99. The Morgan fingerprint density at radius 3 is 2.76 bits per heavy atom. The van der Waals surface area contributed by atoms with Gasteiger partial charge < -0.3 is 5.32 Å². The minimum atomic E-state index is 0.413. The lowest BCUT2D eigenvalue weighted by molar-refractivity contribution is 0.127. The van der Waals surface area contributed by atoms with Crippen molar-refractivity contribution in [2.75, 3.05) is 19.6 Å². The van der Waals surface area contributed by atoms with Crippen molar-refractivity contribution in [3.8, 4) is 0 Å². The first-order valence-corrected chi connectivity index (χ1v) is 8.76. The Balaban J connectivity index is 1.61. The SMILES string of the molecule is CCC(CC)n1ccc(CN2CCNC3(CCCC3)C2)n1. The molecule has 1 aliphatic carbocycles. The van der Waals surface area contributed by atoms with Gasteiger partial charge >= 0.3 is 0 Å². The van der Waals surface area contributed by atoms with Gasteiger partial charge in [0.15, 0.2) is 0 Å². The quantitative estimate of drug-likeness (QED) is 0.905. The van der Waals surface area contributed by atoms with Crippen molar-refractivity contribution >= 4 is 0 Å². The fraction of sp³-hybridized carbons (Fsp3) is 0.824. The van der Waals surface area contributed by atoms with Crippen LogP contribution in [0.1, 0.15) is 64.1 Å². The summed E-state index contributed by atoms with van der Waals surface area (Å²) in [5.41, 5.74) is 1.65. The highest BCUT2D eigenvalue weighted by Gasteiger charge is 2.37. The Bertz CT molecular complexity index is 443. The maximum Gasteiger partial charge on any atom is 0.0764 e. The van der Waals surface area contributed by atoms with Crippen LogP contribution in [-0.2, 0) is 6.54 Å². The molecule has 4 heteroatoms. The molecule has 118 valence electrons. The Morgan fingerprint density at radius 1 is 1.29 bits per heavy atom. The molecule has 0 aromatic carbocycles. The van der Waals surface area contributed by atoms with Crippen molar-refractivity contribution in [3.05, 3.63) is 18.0 Å². The van der Waals surface area contributed by atoms with Gasteiger partial charge in [-0.2, -0.15) is 5.10 Å². The van der Waals surface area contributed by atoms with E-state index in [1.54, 1.807) is 0 Å². The number of piperazine rings is 1. The van der Waals surface area contributed by atoms with Gasteiger partial charge in [-0.15, -0.1) is 0 Å². The molecule has 0 atom stereocenters. The highest BCUT2D eigenvalue weighted by atomic mass is 15.3. The topological polar surface area (TPSA) is 33.1 Å². The molecule has 2 heterocycles. The van der Waals surface area contributed by atoms with Gasteiger partial charge in [-0.25, -0.2) is 0 Å². The average molecular weight is 290 g/mol. The summed E-state index contributed by atoms with van der Waals surface area (Å²) in [4.78, 5) is 2.60. The molecule has 1 aromatic rings. The van der Waals surface area contributed by atoms with Crippen LogP contribution < -0.4 is 5.32 Å². The van der Waals surface area contributed by atoms with Crippen LogP contribution >= 0.6 is 0 Å². The zero-order valence-electron chi connectivity index (χ0n) is 13.6. The third-order valence-corrected chi connectivity index (χ3v) is 5.38. The summed E-state index contributed by atoms with van der Waals surface area (Å²) in [5.74, 6) is 0. The molecule has 1 N–H and O–H groups in total. The molecule has 0 unspecified atom stereocenters. The molecular formula is C17H30N4. The van der Waals surface area contributed by atoms with Gasteiger partial charge in [0.25, 0.3) is 0 Å². The van der Waals surface area contributed by atoms with Gasteiger partial charge in [0, 0.05) is 37.9 Å². The van der Waals surface area contributed by atoms with E-state index in [9.17, 15) is 0 Å². The number of hydrogen-bond acceptors (Lipinski definition) is 3. The summed E-state index contributed by atoms with van der Waals surface area (Å²) in [7, 11) is 0. The van der Waals surface area contributed by atoms with E-state index in [2.05, 4.69) is 41.0 Å². The predicted octanol–water partition coefficient (Wildman–Crippen LogP) is 2.96. The van der Waals surface area contributed by atoms with Crippen molar-refractivity contribution in [1.82, 2.24) is 20.0 Å². The van der Waals surface area contributed by atoms with Crippen molar-refractivity contribution < 1.29 is 0 Å². The number of rotatable bonds is 5. The van der Waals surface area contributed by atoms with Crippen LogP contribution in [0.25, 0.3) is 0 Å². The first-order valence-electron chi connectivity index (χ1n) is 8.76. The zero-order valence-corrected chi connectivity index (χ0v) is 13.6. The van der Waals surface area contributed by atoms with E-state index < -0.39 is 0 Å². The third kappa shape index (κ3) is 3.32. The Labute approximate surface area is 128 Å². The maximum absolute atomic E-state index is 4.82. The first kappa shape index (κ1) is 15.0. The van der Waals surface area contributed by atoms with E-state index in [-0.39, 0.29) is 0 Å². The van der Waals surface area contributed by atoms with Crippen LogP contribution in [0.5, 0.6) is 0 Å². The number of nitrogens with zero attached hydrogens (tertiary/aromatic N) is 3. The van der Waals surface area contributed by atoms with Crippen molar-refractivity contribution in [1.29, 1.82) is 0 Å². The molecule has 0 bridgehead atoms. The Hall–Kier alpha value is -0.870.